The van der Waals surface area contributed by atoms with E-state index in [9.17, 15) is 9.59 Å². The predicted octanol–water partition coefficient (Wildman–Crippen LogP) is 4.07. The van der Waals surface area contributed by atoms with E-state index >= 15 is 0 Å². The van der Waals surface area contributed by atoms with Gasteiger partial charge in [-0.05, 0) is 48.9 Å². The van der Waals surface area contributed by atoms with Crippen LogP contribution >= 0.6 is 0 Å². The van der Waals surface area contributed by atoms with Gasteiger partial charge in [0.25, 0.3) is 0 Å². The van der Waals surface area contributed by atoms with Crippen LogP contribution in [0.1, 0.15) is 48.4 Å². The Morgan fingerprint density at radius 1 is 1.12 bits per heavy atom. The van der Waals surface area contributed by atoms with Crippen molar-refractivity contribution < 1.29 is 9.59 Å². The second-order valence-electron chi connectivity index (χ2n) is 6.49. The molecule has 128 valence electrons. The van der Waals surface area contributed by atoms with E-state index in [1.54, 1.807) is 24.3 Å². The summed E-state index contributed by atoms with van der Waals surface area (Å²) < 4.78 is 0. The lowest BCUT2D eigenvalue weighted by Crippen LogP contribution is -2.14. The smallest absolute Gasteiger partial charge is 0.228 e. The number of ketones is 1. The molecule has 0 fully saturated rings. The maximum Gasteiger partial charge on any atom is 0.228 e. The number of nitrogens with zero attached hydrogens (tertiary/aromatic N) is 1. The SMILES string of the molecule is CC(=O)c1ccc(NC(=O)Cc2ccc3nc(C(C)C)[nH]c3c2)cc1. The molecule has 0 saturated carbocycles. The van der Waals surface area contributed by atoms with E-state index in [0.717, 1.165) is 22.4 Å². The van der Waals surface area contributed by atoms with E-state index in [0.29, 0.717) is 17.2 Å². The molecule has 1 amide bonds. The molecule has 0 bridgehead atoms. The van der Waals surface area contributed by atoms with Crippen LogP contribution in [0, 0.1) is 0 Å². The molecule has 0 aliphatic heterocycles. The van der Waals surface area contributed by atoms with Crippen molar-refractivity contribution in [3.05, 3.63) is 59.4 Å². The Labute approximate surface area is 146 Å². The number of carbonyl (C=O) groups excluding carboxylic acids is 2. The second-order valence-corrected chi connectivity index (χ2v) is 6.49. The van der Waals surface area contributed by atoms with Crippen LogP contribution in [0.25, 0.3) is 11.0 Å². The highest BCUT2D eigenvalue weighted by Crippen LogP contribution is 2.19. The Kier molecular flexibility index (Phi) is 4.65. The molecule has 2 N–H and O–H groups in total. The molecular weight excluding hydrogens is 314 g/mol. The van der Waals surface area contributed by atoms with Crippen LogP contribution in [0.2, 0.25) is 0 Å². The molecule has 0 aliphatic rings. The van der Waals surface area contributed by atoms with Gasteiger partial charge in [0.2, 0.25) is 5.91 Å². The maximum absolute atomic E-state index is 12.2. The van der Waals surface area contributed by atoms with Crippen molar-refractivity contribution >= 4 is 28.4 Å². The molecule has 3 aromatic rings. The average molecular weight is 335 g/mol. The summed E-state index contributed by atoms with van der Waals surface area (Å²) in [6.07, 6.45) is 0.278. The molecule has 0 unspecified atom stereocenters. The third-order valence-electron chi connectivity index (χ3n) is 4.05. The minimum atomic E-state index is -0.0986. The second kappa shape index (κ2) is 6.89. The standard InChI is InChI=1S/C20H21N3O2/c1-12(2)20-22-17-9-4-14(10-18(17)23-20)11-19(25)21-16-7-5-15(6-8-16)13(3)24/h4-10,12H,11H2,1-3H3,(H,21,25)(H,22,23). The molecule has 5 heteroatoms. The topological polar surface area (TPSA) is 74.8 Å². The number of imidazole rings is 1. The number of hydrogen-bond donors (Lipinski definition) is 2. The minimum Gasteiger partial charge on any atom is -0.342 e. The fourth-order valence-corrected chi connectivity index (χ4v) is 2.64. The van der Waals surface area contributed by atoms with Gasteiger partial charge >= 0.3 is 0 Å². The highest BCUT2D eigenvalue weighted by molar-refractivity contribution is 5.96. The van der Waals surface area contributed by atoms with Gasteiger partial charge in [-0.25, -0.2) is 4.98 Å². The Hall–Kier alpha value is -2.95. The molecule has 1 heterocycles. The predicted molar refractivity (Wildman–Crippen MR) is 99.0 cm³/mol. The van der Waals surface area contributed by atoms with Gasteiger partial charge in [-0.15, -0.1) is 0 Å². The number of benzene rings is 2. The highest BCUT2D eigenvalue weighted by atomic mass is 16.1. The summed E-state index contributed by atoms with van der Waals surface area (Å²) in [5.74, 6) is 1.18. The van der Waals surface area contributed by atoms with Gasteiger partial charge < -0.3 is 10.3 Å². The molecule has 1 aromatic heterocycles. The normalized spacial score (nSPS) is 11.0. The third-order valence-corrected chi connectivity index (χ3v) is 4.05. The Morgan fingerprint density at radius 2 is 1.84 bits per heavy atom. The summed E-state index contributed by atoms with van der Waals surface area (Å²) in [6.45, 7) is 5.69. The molecule has 0 aliphatic carbocycles. The van der Waals surface area contributed by atoms with Gasteiger partial charge in [0, 0.05) is 17.2 Å². The molecule has 3 rings (SSSR count). The fraction of sp³-hybridized carbons (Fsp3) is 0.250. The van der Waals surface area contributed by atoms with E-state index in [1.807, 2.05) is 18.2 Å². The quantitative estimate of drug-likeness (QED) is 0.690. The number of Topliss-reactive ketones (excluding diaryl/α,β-unsaturated/α-hetero) is 1. The van der Waals surface area contributed by atoms with E-state index in [2.05, 4.69) is 29.1 Å². The first-order valence-corrected chi connectivity index (χ1v) is 8.32. The Balaban J connectivity index is 1.69. The molecule has 0 atom stereocenters. The zero-order valence-corrected chi connectivity index (χ0v) is 14.6. The molecule has 25 heavy (non-hydrogen) atoms. The van der Waals surface area contributed by atoms with Crippen LogP contribution in [0.3, 0.4) is 0 Å². The monoisotopic (exact) mass is 335 g/mol. The van der Waals surface area contributed by atoms with E-state index in [1.165, 1.54) is 6.92 Å². The summed E-state index contributed by atoms with van der Waals surface area (Å²) in [7, 11) is 0. The maximum atomic E-state index is 12.2. The average Bonchev–Trinajstić information content (AvgIpc) is 2.99. The minimum absolute atomic E-state index is 0.00602. The van der Waals surface area contributed by atoms with Crippen LogP contribution in [-0.4, -0.2) is 21.7 Å². The number of rotatable bonds is 5. The van der Waals surface area contributed by atoms with Crippen molar-refractivity contribution in [2.24, 2.45) is 0 Å². The molecule has 0 radical (unpaired) electrons. The van der Waals surface area contributed by atoms with Crippen molar-refractivity contribution in [1.29, 1.82) is 0 Å². The first-order valence-electron chi connectivity index (χ1n) is 8.32. The number of aromatic amines is 1. The summed E-state index contributed by atoms with van der Waals surface area (Å²) in [6, 6.07) is 12.7. The van der Waals surface area contributed by atoms with Crippen LogP contribution < -0.4 is 5.32 Å². The lowest BCUT2D eigenvalue weighted by atomic mass is 10.1. The Bertz CT molecular complexity index is 924. The highest BCUT2D eigenvalue weighted by Gasteiger charge is 2.09. The number of carbonyl (C=O) groups is 2. The van der Waals surface area contributed by atoms with Crippen LogP contribution in [-0.2, 0) is 11.2 Å². The summed E-state index contributed by atoms with van der Waals surface area (Å²) in [4.78, 5) is 31.4. The Morgan fingerprint density at radius 3 is 2.48 bits per heavy atom. The summed E-state index contributed by atoms with van der Waals surface area (Å²) >= 11 is 0. The largest absolute Gasteiger partial charge is 0.342 e. The zero-order valence-electron chi connectivity index (χ0n) is 14.6. The third kappa shape index (κ3) is 3.94. The van der Waals surface area contributed by atoms with Gasteiger partial charge in [-0.2, -0.15) is 0 Å². The van der Waals surface area contributed by atoms with Crippen molar-refractivity contribution in [3.63, 3.8) is 0 Å². The first-order chi connectivity index (χ1) is 11.9. The molecule has 0 saturated heterocycles. The van der Waals surface area contributed by atoms with Crippen molar-refractivity contribution in [2.75, 3.05) is 5.32 Å². The lowest BCUT2D eigenvalue weighted by molar-refractivity contribution is -0.115. The van der Waals surface area contributed by atoms with E-state index in [4.69, 9.17) is 0 Å². The van der Waals surface area contributed by atoms with Crippen LogP contribution in [0.5, 0.6) is 0 Å². The number of amides is 1. The van der Waals surface area contributed by atoms with Gasteiger partial charge in [0.15, 0.2) is 5.78 Å². The summed E-state index contributed by atoms with van der Waals surface area (Å²) in [5, 5.41) is 2.85. The van der Waals surface area contributed by atoms with E-state index < -0.39 is 0 Å². The van der Waals surface area contributed by atoms with Crippen LogP contribution in [0.15, 0.2) is 42.5 Å². The van der Waals surface area contributed by atoms with Gasteiger partial charge in [-0.1, -0.05) is 19.9 Å². The molecule has 0 spiro atoms. The van der Waals surface area contributed by atoms with Crippen molar-refractivity contribution in [2.45, 2.75) is 33.1 Å². The van der Waals surface area contributed by atoms with Crippen molar-refractivity contribution in [3.8, 4) is 0 Å². The fourth-order valence-electron chi connectivity index (χ4n) is 2.64. The van der Waals surface area contributed by atoms with E-state index in [-0.39, 0.29) is 18.1 Å². The summed E-state index contributed by atoms with van der Waals surface area (Å²) in [5.41, 5.74) is 4.08. The van der Waals surface area contributed by atoms with Gasteiger partial charge in [0.1, 0.15) is 5.82 Å². The molecular formula is C20H21N3O2. The zero-order chi connectivity index (χ0) is 18.0. The van der Waals surface area contributed by atoms with Gasteiger partial charge in [-0.3, -0.25) is 9.59 Å². The first kappa shape index (κ1) is 16.9. The molecule has 5 nitrogen and oxygen atoms in total. The van der Waals surface area contributed by atoms with Gasteiger partial charge in [0.05, 0.1) is 17.5 Å². The number of aromatic nitrogens is 2. The number of anilines is 1. The number of nitrogens with one attached hydrogen (secondary N) is 2. The number of hydrogen-bond acceptors (Lipinski definition) is 3. The van der Waals surface area contributed by atoms with Crippen LogP contribution in [0.4, 0.5) is 5.69 Å². The van der Waals surface area contributed by atoms with Crippen molar-refractivity contribution in [1.82, 2.24) is 9.97 Å². The number of fused-ring (bicyclic) bond motifs is 1. The molecule has 2 aromatic carbocycles. The lowest BCUT2D eigenvalue weighted by Gasteiger charge is -2.06. The number of H-pyrrole nitrogens is 1.